The summed E-state index contributed by atoms with van der Waals surface area (Å²) in [7, 11) is 2.06. The Balaban J connectivity index is 2.04. The number of hydrogen-bond acceptors (Lipinski definition) is 3. The van der Waals surface area contributed by atoms with Gasteiger partial charge in [-0.05, 0) is 33.7 Å². The standard InChI is InChI=1S/C15H27N3O3/c1-11-9-18(10-12(2)17(11)3)14(21)16-15(13(19)20)7-5-4-6-8-15/h11-12H,4-10H2,1-3H3,(H,16,21)(H,19,20). The molecule has 0 spiro atoms. The van der Waals surface area contributed by atoms with Crippen LogP contribution in [0.3, 0.4) is 0 Å². The number of amides is 2. The van der Waals surface area contributed by atoms with E-state index in [0.717, 1.165) is 19.3 Å². The van der Waals surface area contributed by atoms with Gasteiger partial charge in [0.25, 0.3) is 0 Å². The maximum absolute atomic E-state index is 12.5. The molecule has 2 N–H and O–H groups in total. The van der Waals surface area contributed by atoms with Crippen LogP contribution in [0, 0.1) is 0 Å². The smallest absolute Gasteiger partial charge is 0.329 e. The second kappa shape index (κ2) is 6.22. The van der Waals surface area contributed by atoms with Crippen LogP contribution in [0.2, 0.25) is 0 Å². The highest BCUT2D eigenvalue weighted by Gasteiger charge is 2.42. The molecular weight excluding hydrogens is 270 g/mol. The summed E-state index contributed by atoms with van der Waals surface area (Å²) in [5.41, 5.74) is -1.06. The summed E-state index contributed by atoms with van der Waals surface area (Å²) in [5.74, 6) is -0.897. The van der Waals surface area contributed by atoms with Gasteiger partial charge in [-0.2, -0.15) is 0 Å². The van der Waals surface area contributed by atoms with E-state index in [9.17, 15) is 14.7 Å². The van der Waals surface area contributed by atoms with Gasteiger partial charge in [0.05, 0.1) is 0 Å². The van der Waals surface area contributed by atoms with Gasteiger partial charge in [0.2, 0.25) is 0 Å². The Labute approximate surface area is 126 Å². The predicted molar refractivity (Wildman–Crippen MR) is 80.2 cm³/mol. The fourth-order valence-electron chi connectivity index (χ4n) is 3.40. The maximum atomic E-state index is 12.5. The molecule has 1 saturated heterocycles. The summed E-state index contributed by atoms with van der Waals surface area (Å²) in [4.78, 5) is 28.1. The predicted octanol–water partition coefficient (Wildman–Crippen LogP) is 1.51. The average Bonchev–Trinajstić information content (AvgIpc) is 2.45. The van der Waals surface area contributed by atoms with Crippen molar-refractivity contribution in [1.82, 2.24) is 15.1 Å². The number of nitrogens with one attached hydrogen (secondary N) is 1. The first-order chi connectivity index (χ1) is 9.85. The minimum Gasteiger partial charge on any atom is -0.480 e. The van der Waals surface area contributed by atoms with Crippen molar-refractivity contribution in [2.45, 2.75) is 63.6 Å². The molecule has 2 atom stereocenters. The first-order valence-corrected chi connectivity index (χ1v) is 7.88. The topological polar surface area (TPSA) is 72.9 Å². The number of piperazine rings is 1. The minimum atomic E-state index is -1.06. The Kier molecular flexibility index (Phi) is 4.76. The summed E-state index contributed by atoms with van der Waals surface area (Å²) in [6.07, 6.45) is 3.84. The Morgan fingerprint density at radius 3 is 2.10 bits per heavy atom. The zero-order chi connectivity index (χ0) is 15.6. The van der Waals surface area contributed by atoms with E-state index in [-0.39, 0.29) is 18.1 Å². The van der Waals surface area contributed by atoms with Gasteiger partial charge >= 0.3 is 12.0 Å². The maximum Gasteiger partial charge on any atom is 0.329 e. The summed E-state index contributed by atoms with van der Waals surface area (Å²) in [5, 5.41) is 12.4. The third kappa shape index (κ3) is 3.31. The Morgan fingerprint density at radius 1 is 1.10 bits per heavy atom. The van der Waals surface area contributed by atoms with Crippen molar-refractivity contribution >= 4 is 12.0 Å². The molecule has 0 bridgehead atoms. The van der Waals surface area contributed by atoms with Crippen molar-refractivity contribution in [3.8, 4) is 0 Å². The first kappa shape index (κ1) is 16.1. The Bertz CT molecular complexity index is 395. The highest BCUT2D eigenvalue weighted by atomic mass is 16.4. The summed E-state index contributed by atoms with van der Waals surface area (Å²) in [6, 6.07) is 0.337. The molecule has 1 aliphatic heterocycles. The number of carboxylic acid groups (broad SMARTS) is 1. The SMILES string of the molecule is CC1CN(C(=O)NC2(C(=O)O)CCCCC2)CC(C)N1C. The quantitative estimate of drug-likeness (QED) is 0.810. The molecule has 2 rings (SSSR count). The summed E-state index contributed by atoms with van der Waals surface area (Å²) >= 11 is 0. The van der Waals surface area contributed by atoms with E-state index in [1.54, 1.807) is 4.90 Å². The van der Waals surface area contributed by atoms with E-state index in [0.29, 0.717) is 25.9 Å². The van der Waals surface area contributed by atoms with Gasteiger partial charge in [-0.25, -0.2) is 9.59 Å². The lowest BCUT2D eigenvalue weighted by Gasteiger charge is -2.44. The second-order valence-electron chi connectivity index (χ2n) is 6.65. The van der Waals surface area contributed by atoms with Crippen LogP contribution in [0.25, 0.3) is 0 Å². The number of rotatable bonds is 2. The number of carbonyl (C=O) groups is 2. The zero-order valence-corrected chi connectivity index (χ0v) is 13.3. The minimum absolute atomic E-state index is 0.230. The van der Waals surface area contributed by atoms with Crippen molar-refractivity contribution in [3.05, 3.63) is 0 Å². The molecule has 0 aromatic carbocycles. The number of carboxylic acids is 1. The molecule has 2 amide bonds. The number of carbonyl (C=O) groups excluding carboxylic acids is 1. The molecule has 2 fully saturated rings. The Hall–Kier alpha value is -1.30. The van der Waals surface area contributed by atoms with Crippen molar-refractivity contribution in [2.75, 3.05) is 20.1 Å². The van der Waals surface area contributed by atoms with Crippen LogP contribution >= 0.6 is 0 Å². The van der Waals surface area contributed by atoms with Crippen molar-refractivity contribution in [2.24, 2.45) is 0 Å². The second-order valence-corrected chi connectivity index (χ2v) is 6.65. The lowest BCUT2D eigenvalue weighted by Crippen LogP contribution is -2.63. The molecule has 21 heavy (non-hydrogen) atoms. The van der Waals surface area contributed by atoms with Crippen molar-refractivity contribution in [3.63, 3.8) is 0 Å². The zero-order valence-electron chi connectivity index (χ0n) is 13.3. The Morgan fingerprint density at radius 2 is 1.62 bits per heavy atom. The molecule has 1 heterocycles. The molecule has 0 aromatic heterocycles. The normalized spacial score (nSPS) is 30.0. The van der Waals surface area contributed by atoms with Crippen LogP contribution < -0.4 is 5.32 Å². The number of urea groups is 1. The molecule has 6 nitrogen and oxygen atoms in total. The van der Waals surface area contributed by atoms with E-state index >= 15 is 0 Å². The van der Waals surface area contributed by atoms with Gasteiger partial charge in [0.15, 0.2) is 0 Å². The summed E-state index contributed by atoms with van der Waals surface area (Å²) in [6.45, 7) is 5.46. The van der Waals surface area contributed by atoms with Crippen molar-refractivity contribution in [1.29, 1.82) is 0 Å². The molecule has 120 valence electrons. The molecule has 1 saturated carbocycles. The van der Waals surface area contributed by atoms with Gasteiger partial charge in [-0.1, -0.05) is 19.3 Å². The molecule has 0 radical (unpaired) electrons. The summed E-state index contributed by atoms with van der Waals surface area (Å²) < 4.78 is 0. The van der Waals surface area contributed by atoms with Crippen LogP contribution in [0.5, 0.6) is 0 Å². The highest BCUT2D eigenvalue weighted by Crippen LogP contribution is 2.29. The van der Waals surface area contributed by atoms with E-state index in [1.807, 2.05) is 0 Å². The number of likely N-dealkylation sites (N-methyl/N-ethyl adjacent to an activating group) is 1. The van der Waals surface area contributed by atoms with Crippen LogP contribution in [0.4, 0.5) is 4.79 Å². The van der Waals surface area contributed by atoms with Crippen LogP contribution in [-0.4, -0.2) is 64.7 Å². The van der Waals surface area contributed by atoms with E-state index in [2.05, 4.69) is 31.1 Å². The largest absolute Gasteiger partial charge is 0.480 e. The van der Waals surface area contributed by atoms with Crippen LogP contribution in [0.15, 0.2) is 0 Å². The van der Waals surface area contributed by atoms with Gasteiger partial charge < -0.3 is 15.3 Å². The molecule has 1 aliphatic carbocycles. The lowest BCUT2D eigenvalue weighted by atomic mass is 9.82. The van der Waals surface area contributed by atoms with Gasteiger partial charge in [0, 0.05) is 25.2 Å². The number of hydrogen-bond donors (Lipinski definition) is 2. The molecule has 2 aliphatic rings. The molecule has 6 heteroatoms. The van der Waals surface area contributed by atoms with E-state index in [1.165, 1.54) is 0 Å². The van der Waals surface area contributed by atoms with Crippen molar-refractivity contribution < 1.29 is 14.7 Å². The van der Waals surface area contributed by atoms with Gasteiger partial charge in [-0.15, -0.1) is 0 Å². The number of nitrogens with zero attached hydrogens (tertiary/aromatic N) is 2. The fraction of sp³-hybridized carbons (Fsp3) is 0.867. The molecule has 0 aromatic rings. The first-order valence-electron chi connectivity index (χ1n) is 7.88. The third-order valence-electron chi connectivity index (χ3n) is 5.11. The van der Waals surface area contributed by atoms with Gasteiger partial charge in [-0.3, -0.25) is 4.90 Å². The number of aliphatic carboxylic acids is 1. The fourth-order valence-corrected chi connectivity index (χ4v) is 3.40. The van der Waals surface area contributed by atoms with Gasteiger partial charge in [0.1, 0.15) is 5.54 Å². The van der Waals surface area contributed by atoms with Crippen LogP contribution in [-0.2, 0) is 4.79 Å². The molecular formula is C15H27N3O3. The van der Waals surface area contributed by atoms with E-state index < -0.39 is 11.5 Å². The molecule has 2 unspecified atom stereocenters. The average molecular weight is 297 g/mol. The third-order valence-corrected chi connectivity index (χ3v) is 5.11. The lowest BCUT2D eigenvalue weighted by molar-refractivity contribution is -0.146. The van der Waals surface area contributed by atoms with E-state index in [4.69, 9.17) is 0 Å². The monoisotopic (exact) mass is 297 g/mol. The van der Waals surface area contributed by atoms with Crippen LogP contribution in [0.1, 0.15) is 46.0 Å². The highest BCUT2D eigenvalue weighted by molar-refractivity contribution is 5.86.